The van der Waals surface area contributed by atoms with E-state index >= 15 is 0 Å². The third-order valence-corrected chi connectivity index (χ3v) is 5.10. The Bertz CT molecular complexity index is 400. The fourth-order valence-corrected chi connectivity index (χ4v) is 3.64. The van der Waals surface area contributed by atoms with Crippen molar-refractivity contribution in [3.8, 4) is 0 Å². The number of nitrogens with one attached hydrogen (secondary N) is 1. The second-order valence-electron chi connectivity index (χ2n) is 8.43. The lowest BCUT2D eigenvalue weighted by Crippen LogP contribution is -2.50. The van der Waals surface area contributed by atoms with Crippen molar-refractivity contribution < 1.29 is 14.6 Å². The van der Waals surface area contributed by atoms with Gasteiger partial charge in [0.15, 0.2) is 0 Å². The van der Waals surface area contributed by atoms with Crippen molar-refractivity contribution in [2.24, 2.45) is 5.92 Å². The van der Waals surface area contributed by atoms with E-state index in [0.29, 0.717) is 18.5 Å². The molecule has 1 amide bonds. The van der Waals surface area contributed by atoms with Crippen LogP contribution in [-0.2, 0) is 4.74 Å². The molecule has 0 radical (unpaired) electrons. The van der Waals surface area contributed by atoms with Crippen LogP contribution in [0.3, 0.4) is 0 Å². The third kappa shape index (κ3) is 5.64. The van der Waals surface area contributed by atoms with Crippen molar-refractivity contribution in [1.82, 2.24) is 10.2 Å². The molecule has 2 fully saturated rings. The summed E-state index contributed by atoms with van der Waals surface area (Å²) in [6, 6.07) is 0.296. The number of ether oxygens (including phenoxy) is 1. The third-order valence-electron chi connectivity index (χ3n) is 5.10. The number of hydrogen-bond acceptors (Lipinski definition) is 4. The molecule has 1 heterocycles. The molecule has 0 bridgehead atoms. The monoisotopic (exact) mass is 326 g/mol. The fourth-order valence-electron chi connectivity index (χ4n) is 3.64. The molecule has 5 heteroatoms. The van der Waals surface area contributed by atoms with E-state index in [4.69, 9.17) is 4.74 Å². The highest BCUT2D eigenvalue weighted by Crippen LogP contribution is 2.29. The summed E-state index contributed by atoms with van der Waals surface area (Å²) in [5, 5.41) is 14.0. The van der Waals surface area contributed by atoms with Gasteiger partial charge in [-0.1, -0.05) is 12.8 Å². The van der Waals surface area contributed by atoms with Crippen LogP contribution in [-0.4, -0.2) is 53.0 Å². The van der Waals surface area contributed by atoms with Gasteiger partial charge >= 0.3 is 6.09 Å². The smallest absolute Gasteiger partial charge is 0.410 e. The van der Waals surface area contributed by atoms with E-state index in [0.717, 1.165) is 51.6 Å². The SMILES string of the molecule is CC(NCC1(O)CCCC1)C1CCCN(C(=O)OC(C)(C)C)C1. The normalized spacial score (nSPS) is 26.1. The summed E-state index contributed by atoms with van der Waals surface area (Å²) in [4.78, 5) is 14.1. The molecular formula is C18H34N2O3. The highest BCUT2D eigenvalue weighted by atomic mass is 16.6. The zero-order chi connectivity index (χ0) is 17.1. The van der Waals surface area contributed by atoms with E-state index in [1.54, 1.807) is 0 Å². The van der Waals surface area contributed by atoms with Gasteiger partial charge in [0.1, 0.15) is 5.60 Å². The van der Waals surface area contributed by atoms with E-state index in [-0.39, 0.29) is 6.09 Å². The van der Waals surface area contributed by atoms with Gasteiger partial charge in [-0.2, -0.15) is 0 Å². The molecule has 0 spiro atoms. The first-order valence-electron chi connectivity index (χ1n) is 9.12. The molecule has 1 saturated carbocycles. The van der Waals surface area contributed by atoms with E-state index in [1.165, 1.54) is 0 Å². The lowest BCUT2D eigenvalue weighted by Gasteiger charge is -2.37. The average Bonchev–Trinajstić information content (AvgIpc) is 2.90. The minimum Gasteiger partial charge on any atom is -0.444 e. The van der Waals surface area contributed by atoms with Crippen LogP contribution in [0.25, 0.3) is 0 Å². The van der Waals surface area contributed by atoms with Crippen LogP contribution in [0.4, 0.5) is 4.79 Å². The largest absolute Gasteiger partial charge is 0.444 e. The number of aliphatic hydroxyl groups is 1. The second-order valence-corrected chi connectivity index (χ2v) is 8.43. The number of carbonyl (C=O) groups excluding carboxylic acids is 1. The number of rotatable bonds is 4. The summed E-state index contributed by atoms with van der Waals surface area (Å²) in [7, 11) is 0. The Kier molecular flexibility index (Phi) is 5.95. The number of piperidine rings is 1. The van der Waals surface area contributed by atoms with Crippen LogP contribution in [0.2, 0.25) is 0 Å². The summed E-state index contributed by atoms with van der Waals surface area (Å²) < 4.78 is 5.49. The Morgan fingerprint density at radius 2 is 2.00 bits per heavy atom. The number of likely N-dealkylation sites (tertiary alicyclic amines) is 1. The standard InChI is InChI=1S/C18H34N2O3/c1-14(19-13-18(22)9-5-6-10-18)15-8-7-11-20(12-15)16(21)23-17(2,3)4/h14-15,19,22H,5-13H2,1-4H3. The van der Waals surface area contributed by atoms with E-state index in [9.17, 15) is 9.90 Å². The summed E-state index contributed by atoms with van der Waals surface area (Å²) >= 11 is 0. The van der Waals surface area contributed by atoms with E-state index in [1.807, 2.05) is 25.7 Å². The zero-order valence-electron chi connectivity index (χ0n) is 15.2. The molecule has 2 unspecified atom stereocenters. The molecule has 2 aliphatic rings. The van der Waals surface area contributed by atoms with Crippen LogP contribution in [0.1, 0.15) is 66.2 Å². The van der Waals surface area contributed by atoms with E-state index < -0.39 is 11.2 Å². The topological polar surface area (TPSA) is 61.8 Å². The van der Waals surface area contributed by atoms with Gasteiger partial charge < -0.3 is 20.1 Å². The lowest BCUT2D eigenvalue weighted by molar-refractivity contribution is 0.0124. The first-order valence-corrected chi connectivity index (χ1v) is 9.12. The molecule has 134 valence electrons. The molecule has 0 aromatic heterocycles. The Morgan fingerprint density at radius 3 is 2.61 bits per heavy atom. The van der Waals surface area contributed by atoms with E-state index in [2.05, 4.69) is 12.2 Å². The van der Waals surface area contributed by atoms with Crippen molar-refractivity contribution >= 4 is 6.09 Å². The summed E-state index contributed by atoms with van der Waals surface area (Å²) in [6.07, 6.45) is 5.99. The lowest BCUT2D eigenvalue weighted by atomic mass is 9.91. The predicted molar refractivity (Wildman–Crippen MR) is 91.4 cm³/mol. The van der Waals surface area contributed by atoms with Crippen LogP contribution in [0, 0.1) is 5.92 Å². The quantitative estimate of drug-likeness (QED) is 0.834. The maximum Gasteiger partial charge on any atom is 0.410 e. The van der Waals surface area contributed by atoms with Crippen molar-refractivity contribution in [2.45, 2.75) is 83.5 Å². The van der Waals surface area contributed by atoms with Gasteiger partial charge in [0.05, 0.1) is 5.60 Å². The second kappa shape index (κ2) is 7.39. The van der Waals surface area contributed by atoms with Crippen molar-refractivity contribution in [2.75, 3.05) is 19.6 Å². The number of amides is 1. The molecule has 0 aromatic carbocycles. The summed E-state index contributed by atoms with van der Waals surface area (Å²) in [5.74, 6) is 0.418. The minimum absolute atomic E-state index is 0.205. The van der Waals surface area contributed by atoms with Crippen LogP contribution < -0.4 is 5.32 Å². The Balaban J connectivity index is 1.81. The Morgan fingerprint density at radius 1 is 1.35 bits per heavy atom. The minimum atomic E-state index is -0.520. The van der Waals surface area contributed by atoms with Gasteiger partial charge in [-0.05, 0) is 59.3 Å². The molecule has 5 nitrogen and oxygen atoms in total. The molecule has 1 aliphatic carbocycles. The molecule has 1 aliphatic heterocycles. The molecule has 2 rings (SSSR count). The van der Waals surface area contributed by atoms with Gasteiger partial charge in [0.2, 0.25) is 0 Å². The van der Waals surface area contributed by atoms with Crippen molar-refractivity contribution in [3.05, 3.63) is 0 Å². The highest BCUT2D eigenvalue weighted by molar-refractivity contribution is 5.68. The highest BCUT2D eigenvalue weighted by Gasteiger charge is 2.34. The molecular weight excluding hydrogens is 292 g/mol. The van der Waals surface area contributed by atoms with Crippen LogP contribution in [0.15, 0.2) is 0 Å². The first-order chi connectivity index (χ1) is 10.7. The molecule has 2 N–H and O–H groups in total. The molecule has 2 atom stereocenters. The van der Waals surface area contributed by atoms with Crippen molar-refractivity contribution in [3.63, 3.8) is 0 Å². The molecule has 1 saturated heterocycles. The first kappa shape index (κ1) is 18.5. The van der Waals surface area contributed by atoms with Gasteiger partial charge in [-0.15, -0.1) is 0 Å². The Hall–Kier alpha value is -0.810. The van der Waals surface area contributed by atoms with Gasteiger partial charge in [0.25, 0.3) is 0 Å². The summed E-state index contributed by atoms with van der Waals surface area (Å²) in [6.45, 7) is 10.1. The number of carbonyl (C=O) groups is 1. The molecule has 0 aromatic rings. The number of nitrogens with zero attached hydrogens (tertiary/aromatic N) is 1. The molecule has 23 heavy (non-hydrogen) atoms. The van der Waals surface area contributed by atoms with Gasteiger partial charge in [-0.3, -0.25) is 0 Å². The van der Waals surface area contributed by atoms with Crippen LogP contribution >= 0.6 is 0 Å². The maximum atomic E-state index is 12.2. The average molecular weight is 326 g/mol. The Labute approximate surface area is 140 Å². The maximum absolute atomic E-state index is 12.2. The van der Waals surface area contributed by atoms with Crippen molar-refractivity contribution in [1.29, 1.82) is 0 Å². The predicted octanol–water partition coefficient (Wildman–Crippen LogP) is 2.92. The van der Waals surface area contributed by atoms with Gasteiger partial charge in [0, 0.05) is 25.7 Å². The van der Waals surface area contributed by atoms with Crippen LogP contribution in [0.5, 0.6) is 0 Å². The summed E-state index contributed by atoms with van der Waals surface area (Å²) in [5.41, 5.74) is -0.965. The van der Waals surface area contributed by atoms with Gasteiger partial charge in [-0.25, -0.2) is 4.79 Å². The zero-order valence-corrected chi connectivity index (χ0v) is 15.2. The number of hydrogen-bond donors (Lipinski definition) is 2. The fraction of sp³-hybridized carbons (Fsp3) is 0.944.